The van der Waals surface area contributed by atoms with Gasteiger partial charge in [-0.2, -0.15) is 5.10 Å². The van der Waals surface area contributed by atoms with E-state index in [0.717, 1.165) is 25.9 Å². The first-order valence-corrected chi connectivity index (χ1v) is 12.4. The van der Waals surface area contributed by atoms with Gasteiger partial charge in [-0.3, -0.25) is 4.79 Å². The fraction of sp³-hybridized carbons (Fsp3) is 0.182. The van der Waals surface area contributed by atoms with Crippen LogP contribution in [0.3, 0.4) is 0 Å². The van der Waals surface area contributed by atoms with Gasteiger partial charge in [-0.25, -0.2) is 17.4 Å². The van der Waals surface area contributed by atoms with Gasteiger partial charge in [0.15, 0.2) is 0 Å². The monoisotopic (exact) mass is 488 g/mol. The Hall–Kier alpha value is -2.72. The van der Waals surface area contributed by atoms with E-state index in [1.807, 2.05) is 25.1 Å². The Balaban J connectivity index is 1.61. The minimum Gasteiger partial charge on any atom is -0.347 e. The number of nitrogens with one attached hydrogen (secondary N) is 1. The fourth-order valence-corrected chi connectivity index (χ4v) is 5.70. The summed E-state index contributed by atoms with van der Waals surface area (Å²) < 4.78 is 28.1. The second kappa shape index (κ2) is 8.67. The summed E-state index contributed by atoms with van der Waals surface area (Å²) in [5.74, 6) is -0.278. The third-order valence-corrected chi connectivity index (χ3v) is 8.25. The molecule has 10 heteroatoms. The van der Waals surface area contributed by atoms with Crippen molar-refractivity contribution in [3.8, 4) is 5.69 Å². The number of amides is 1. The van der Waals surface area contributed by atoms with Crippen LogP contribution in [0, 0.1) is 6.92 Å². The Morgan fingerprint density at radius 3 is 2.62 bits per heavy atom. The number of carbonyl (C=O) groups is 1. The maximum atomic E-state index is 12.9. The normalized spacial score (nSPS) is 11.9. The van der Waals surface area contributed by atoms with Gasteiger partial charge in [0, 0.05) is 31.0 Å². The molecule has 1 N–H and O–H groups in total. The van der Waals surface area contributed by atoms with E-state index in [1.54, 1.807) is 41.1 Å². The van der Waals surface area contributed by atoms with Crippen molar-refractivity contribution in [3.05, 3.63) is 75.8 Å². The third-order valence-electron chi connectivity index (χ3n) is 4.99. The molecule has 7 nitrogen and oxygen atoms in total. The number of nitrogens with zero attached hydrogens (tertiary/aromatic N) is 3. The molecule has 0 atom stereocenters. The number of rotatable bonds is 6. The summed E-state index contributed by atoms with van der Waals surface area (Å²) in [6.07, 6.45) is 0. The predicted molar refractivity (Wildman–Crippen MR) is 127 cm³/mol. The van der Waals surface area contributed by atoms with Crippen molar-refractivity contribution in [2.75, 3.05) is 14.1 Å². The molecule has 0 bridgehead atoms. The second-order valence-corrected chi connectivity index (χ2v) is 11.0. The van der Waals surface area contributed by atoms with Crippen LogP contribution in [-0.4, -0.2) is 42.5 Å². The number of aryl methyl sites for hydroxylation is 1. The molecule has 0 radical (unpaired) electrons. The first-order valence-electron chi connectivity index (χ1n) is 9.72. The van der Waals surface area contributed by atoms with Crippen LogP contribution in [0.25, 0.3) is 15.9 Å². The van der Waals surface area contributed by atoms with Crippen LogP contribution < -0.4 is 5.32 Å². The van der Waals surface area contributed by atoms with Gasteiger partial charge in [0.05, 0.1) is 21.2 Å². The summed E-state index contributed by atoms with van der Waals surface area (Å²) in [7, 11) is -0.656. The molecule has 4 rings (SSSR count). The summed E-state index contributed by atoms with van der Waals surface area (Å²) in [5, 5.41) is 8.91. The Bertz CT molecular complexity index is 1420. The van der Waals surface area contributed by atoms with Crippen molar-refractivity contribution in [2.24, 2.45) is 0 Å². The molecule has 0 fully saturated rings. The van der Waals surface area contributed by atoms with Gasteiger partial charge >= 0.3 is 0 Å². The molecule has 0 saturated heterocycles. The first kappa shape index (κ1) is 22.5. The van der Waals surface area contributed by atoms with Gasteiger partial charge in [0.1, 0.15) is 4.83 Å². The quantitative estimate of drug-likeness (QED) is 0.440. The average molecular weight is 489 g/mol. The van der Waals surface area contributed by atoms with Gasteiger partial charge in [-0.15, -0.1) is 11.3 Å². The van der Waals surface area contributed by atoms with Crippen molar-refractivity contribution in [1.82, 2.24) is 19.4 Å². The second-order valence-electron chi connectivity index (χ2n) is 7.38. The molecule has 0 aliphatic rings. The number of halogens is 1. The van der Waals surface area contributed by atoms with Gasteiger partial charge in [0.2, 0.25) is 10.0 Å². The lowest BCUT2D eigenvalue weighted by Crippen LogP contribution is -2.26. The van der Waals surface area contributed by atoms with Crippen LogP contribution >= 0.6 is 22.9 Å². The number of benzene rings is 2. The molecule has 2 aromatic heterocycles. The first-order chi connectivity index (χ1) is 15.2. The van der Waals surface area contributed by atoms with Crippen LogP contribution in [0.15, 0.2) is 59.5 Å². The van der Waals surface area contributed by atoms with E-state index >= 15 is 0 Å². The van der Waals surface area contributed by atoms with Crippen molar-refractivity contribution in [3.63, 3.8) is 0 Å². The van der Waals surface area contributed by atoms with E-state index in [0.29, 0.717) is 15.5 Å². The molecule has 32 heavy (non-hydrogen) atoms. The van der Waals surface area contributed by atoms with Crippen LogP contribution in [0.4, 0.5) is 0 Å². The lowest BCUT2D eigenvalue weighted by atomic mass is 10.2. The maximum absolute atomic E-state index is 12.9. The maximum Gasteiger partial charge on any atom is 0.261 e. The van der Waals surface area contributed by atoms with E-state index in [9.17, 15) is 13.2 Å². The minimum atomic E-state index is -3.61. The average Bonchev–Trinajstić information content (AvgIpc) is 3.33. The highest BCUT2D eigenvalue weighted by Crippen LogP contribution is 2.31. The number of hydrogen-bond donors (Lipinski definition) is 1. The van der Waals surface area contributed by atoms with E-state index in [1.165, 1.54) is 25.4 Å². The molecule has 0 unspecified atom stereocenters. The molecule has 2 heterocycles. The highest BCUT2D eigenvalue weighted by atomic mass is 35.5. The molecule has 0 saturated carbocycles. The largest absolute Gasteiger partial charge is 0.347 e. The number of hydrogen-bond acceptors (Lipinski definition) is 5. The van der Waals surface area contributed by atoms with Crippen LogP contribution in [0.1, 0.15) is 20.9 Å². The van der Waals surface area contributed by atoms with Crippen molar-refractivity contribution in [2.45, 2.75) is 18.4 Å². The standard InChI is InChI=1S/C22H21ClN4O3S2/c1-14-18-12-19(31-22(18)27(25-14)17-9-6-8-16(23)11-17)21(28)24-13-15-7-4-5-10-20(15)32(29,30)26(2)3/h4-12H,13H2,1-3H3,(H,24,28). The van der Waals surface area contributed by atoms with Crippen LogP contribution in [0.2, 0.25) is 5.02 Å². The summed E-state index contributed by atoms with van der Waals surface area (Å²) in [5.41, 5.74) is 2.14. The molecular weight excluding hydrogens is 468 g/mol. The molecule has 2 aromatic carbocycles. The Kier molecular flexibility index (Phi) is 6.09. The summed E-state index contributed by atoms with van der Waals surface area (Å²) >= 11 is 7.45. The molecule has 1 amide bonds. The smallest absolute Gasteiger partial charge is 0.261 e. The van der Waals surface area contributed by atoms with Crippen molar-refractivity contribution in [1.29, 1.82) is 0 Å². The van der Waals surface area contributed by atoms with Gasteiger partial charge in [0.25, 0.3) is 5.91 Å². The molecule has 0 aliphatic heterocycles. The number of thiophene rings is 1. The van der Waals surface area contributed by atoms with Crippen LogP contribution in [-0.2, 0) is 16.6 Å². The zero-order chi connectivity index (χ0) is 23.0. The highest BCUT2D eigenvalue weighted by molar-refractivity contribution is 7.89. The third kappa shape index (κ3) is 4.16. The zero-order valence-corrected chi connectivity index (χ0v) is 20.1. The summed E-state index contributed by atoms with van der Waals surface area (Å²) in [4.78, 5) is 14.4. The van der Waals surface area contributed by atoms with Crippen molar-refractivity contribution < 1.29 is 13.2 Å². The summed E-state index contributed by atoms with van der Waals surface area (Å²) in [6.45, 7) is 1.98. The van der Waals surface area contributed by atoms with Crippen molar-refractivity contribution >= 4 is 49.1 Å². The zero-order valence-electron chi connectivity index (χ0n) is 17.7. The Morgan fingerprint density at radius 1 is 1.16 bits per heavy atom. The number of fused-ring (bicyclic) bond motifs is 1. The molecular formula is C22H21ClN4O3S2. The number of sulfonamides is 1. The van der Waals surface area contributed by atoms with E-state index in [2.05, 4.69) is 10.4 Å². The predicted octanol–water partition coefficient (Wildman–Crippen LogP) is 4.23. The molecule has 166 valence electrons. The molecule has 0 spiro atoms. The van der Waals surface area contributed by atoms with Gasteiger partial charge in [-0.1, -0.05) is 35.9 Å². The highest BCUT2D eigenvalue weighted by Gasteiger charge is 2.22. The minimum absolute atomic E-state index is 0.0930. The molecule has 4 aromatic rings. The van der Waals surface area contributed by atoms with Crippen LogP contribution in [0.5, 0.6) is 0 Å². The number of carbonyl (C=O) groups excluding carboxylic acids is 1. The number of aromatic nitrogens is 2. The van der Waals surface area contributed by atoms with Gasteiger partial charge in [-0.05, 0) is 42.8 Å². The van der Waals surface area contributed by atoms with E-state index < -0.39 is 10.0 Å². The SMILES string of the molecule is Cc1nn(-c2cccc(Cl)c2)c2sc(C(=O)NCc3ccccc3S(=O)(=O)N(C)C)cc12. The fourth-order valence-electron chi connectivity index (χ4n) is 3.30. The summed E-state index contributed by atoms with van der Waals surface area (Å²) in [6, 6.07) is 15.8. The topological polar surface area (TPSA) is 84.3 Å². The van der Waals surface area contributed by atoms with E-state index in [4.69, 9.17) is 11.6 Å². The molecule has 0 aliphatic carbocycles. The lowest BCUT2D eigenvalue weighted by Gasteiger charge is -2.15. The lowest BCUT2D eigenvalue weighted by molar-refractivity contribution is 0.0954. The van der Waals surface area contributed by atoms with E-state index in [-0.39, 0.29) is 17.3 Å². The Labute approximate surface area is 195 Å². The van der Waals surface area contributed by atoms with Gasteiger partial charge < -0.3 is 5.32 Å². The Morgan fingerprint density at radius 2 is 1.91 bits per heavy atom.